The predicted molar refractivity (Wildman–Crippen MR) is 65.3 cm³/mol. The maximum Gasteiger partial charge on any atom is 0.321 e. The summed E-state index contributed by atoms with van der Waals surface area (Å²) in [6.45, 7) is 2.34. The van der Waals surface area contributed by atoms with Gasteiger partial charge in [-0.25, -0.2) is 18.4 Å². The number of rotatable bonds is 3. The molecule has 0 saturated heterocycles. The van der Waals surface area contributed by atoms with Gasteiger partial charge < -0.3 is 5.32 Å². The van der Waals surface area contributed by atoms with Crippen molar-refractivity contribution < 1.29 is 13.2 Å². The highest BCUT2D eigenvalue weighted by molar-refractivity contribution is 7.89. The molecule has 17 heavy (non-hydrogen) atoms. The van der Waals surface area contributed by atoms with E-state index in [2.05, 4.69) is 5.32 Å². The number of hydrogen-bond acceptors (Lipinski definition) is 3. The number of benzene rings is 1. The minimum Gasteiger partial charge on any atom is -0.338 e. The van der Waals surface area contributed by atoms with Crippen LogP contribution in [0.1, 0.15) is 6.92 Å². The number of nitrogens with one attached hydrogen (secondary N) is 1. The van der Waals surface area contributed by atoms with Crippen LogP contribution in [0.5, 0.6) is 0 Å². The number of carbonyl (C=O) groups is 1. The van der Waals surface area contributed by atoms with Gasteiger partial charge in [-0.05, 0) is 31.2 Å². The van der Waals surface area contributed by atoms with Crippen LogP contribution in [0.3, 0.4) is 0 Å². The molecule has 0 aromatic heterocycles. The smallest absolute Gasteiger partial charge is 0.321 e. The number of carbonyl (C=O) groups excluding carboxylic acids is 1. The van der Waals surface area contributed by atoms with Crippen LogP contribution in [0.15, 0.2) is 29.2 Å². The number of amides is 2. The average Bonchev–Trinajstić information content (AvgIpc) is 2.27. The van der Waals surface area contributed by atoms with Crippen molar-refractivity contribution in [1.29, 1.82) is 0 Å². The lowest BCUT2D eigenvalue weighted by molar-refractivity contribution is 0.248. The van der Waals surface area contributed by atoms with Crippen LogP contribution >= 0.6 is 0 Å². The summed E-state index contributed by atoms with van der Waals surface area (Å²) in [5.41, 5.74) is 0.586. The van der Waals surface area contributed by atoms with Crippen molar-refractivity contribution in [3.05, 3.63) is 24.3 Å². The third-order valence-corrected chi connectivity index (χ3v) is 3.11. The summed E-state index contributed by atoms with van der Waals surface area (Å²) >= 11 is 0. The van der Waals surface area contributed by atoms with Crippen molar-refractivity contribution in [2.45, 2.75) is 11.8 Å². The Morgan fingerprint density at radius 1 is 1.35 bits per heavy atom. The maximum atomic E-state index is 11.5. The standard InChI is InChI=1S/C10H15N3O3S/c1-3-12-10(14)13(2)8-4-6-9(7-5-8)17(11,15)16/h4-7H,3H2,1-2H3,(H,12,14)(H2,11,15,16). The molecule has 2 amide bonds. The first-order valence-corrected chi connectivity index (χ1v) is 6.55. The molecule has 0 aliphatic carbocycles. The molecule has 1 aromatic carbocycles. The molecule has 0 saturated carbocycles. The summed E-state index contributed by atoms with van der Waals surface area (Å²) in [5, 5.41) is 7.60. The fraction of sp³-hybridized carbons (Fsp3) is 0.300. The third kappa shape index (κ3) is 3.43. The van der Waals surface area contributed by atoms with Gasteiger partial charge in [0.15, 0.2) is 0 Å². The van der Waals surface area contributed by atoms with Gasteiger partial charge in [-0.15, -0.1) is 0 Å². The lowest BCUT2D eigenvalue weighted by Gasteiger charge is -2.17. The molecular weight excluding hydrogens is 242 g/mol. The number of sulfonamides is 1. The van der Waals surface area contributed by atoms with Crippen LogP contribution < -0.4 is 15.4 Å². The molecular formula is C10H15N3O3S. The van der Waals surface area contributed by atoms with E-state index in [4.69, 9.17) is 5.14 Å². The lowest BCUT2D eigenvalue weighted by Crippen LogP contribution is -2.37. The predicted octanol–water partition coefficient (Wildman–Crippen LogP) is 0.500. The molecule has 1 rings (SSSR count). The van der Waals surface area contributed by atoms with E-state index in [0.29, 0.717) is 12.2 Å². The van der Waals surface area contributed by atoms with Crippen LogP contribution in [0.4, 0.5) is 10.5 Å². The highest BCUT2D eigenvalue weighted by Crippen LogP contribution is 2.15. The Hall–Kier alpha value is -1.60. The molecule has 0 aliphatic rings. The van der Waals surface area contributed by atoms with Gasteiger partial charge in [-0.1, -0.05) is 0 Å². The fourth-order valence-corrected chi connectivity index (χ4v) is 1.76. The first kappa shape index (κ1) is 13.5. The number of primary sulfonamides is 1. The second-order valence-electron chi connectivity index (χ2n) is 3.43. The largest absolute Gasteiger partial charge is 0.338 e. The minimum absolute atomic E-state index is 0.0190. The van der Waals surface area contributed by atoms with E-state index in [9.17, 15) is 13.2 Å². The zero-order valence-electron chi connectivity index (χ0n) is 9.67. The van der Waals surface area contributed by atoms with Crippen molar-refractivity contribution in [3.63, 3.8) is 0 Å². The molecule has 0 radical (unpaired) electrons. The van der Waals surface area contributed by atoms with Crippen molar-refractivity contribution >= 4 is 21.7 Å². The van der Waals surface area contributed by atoms with Crippen molar-refractivity contribution in [3.8, 4) is 0 Å². The van der Waals surface area contributed by atoms with Gasteiger partial charge in [0, 0.05) is 19.3 Å². The zero-order valence-corrected chi connectivity index (χ0v) is 10.5. The summed E-state index contributed by atoms with van der Waals surface area (Å²) in [5.74, 6) is 0. The van der Waals surface area contributed by atoms with E-state index in [-0.39, 0.29) is 10.9 Å². The highest BCUT2D eigenvalue weighted by atomic mass is 32.2. The molecule has 0 fully saturated rings. The van der Waals surface area contributed by atoms with Gasteiger partial charge >= 0.3 is 6.03 Å². The topological polar surface area (TPSA) is 92.5 Å². The molecule has 1 aromatic rings. The van der Waals surface area contributed by atoms with Crippen molar-refractivity contribution in [2.24, 2.45) is 5.14 Å². The quantitative estimate of drug-likeness (QED) is 0.825. The van der Waals surface area contributed by atoms with Crippen molar-refractivity contribution in [1.82, 2.24) is 5.32 Å². The SMILES string of the molecule is CCNC(=O)N(C)c1ccc(S(N)(=O)=O)cc1. The molecule has 0 atom stereocenters. The van der Waals surface area contributed by atoms with Crippen LogP contribution in [-0.4, -0.2) is 28.0 Å². The highest BCUT2D eigenvalue weighted by Gasteiger charge is 2.11. The molecule has 0 bridgehead atoms. The van der Waals surface area contributed by atoms with Crippen LogP contribution in [0, 0.1) is 0 Å². The molecule has 0 heterocycles. The Bertz CT molecular complexity index is 496. The summed E-state index contributed by atoms with van der Waals surface area (Å²) in [4.78, 5) is 12.9. The Labute approximate surface area is 100 Å². The molecule has 6 nitrogen and oxygen atoms in total. The zero-order chi connectivity index (χ0) is 13.1. The van der Waals surface area contributed by atoms with Gasteiger partial charge in [0.2, 0.25) is 10.0 Å². The fourth-order valence-electron chi connectivity index (χ4n) is 1.25. The molecule has 3 N–H and O–H groups in total. The van der Waals surface area contributed by atoms with E-state index in [0.717, 1.165) is 0 Å². The van der Waals surface area contributed by atoms with E-state index >= 15 is 0 Å². The number of hydrogen-bond donors (Lipinski definition) is 2. The minimum atomic E-state index is -3.69. The summed E-state index contributed by atoms with van der Waals surface area (Å²) in [6, 6.07) is 5.51. The molecule has 0 spiro atoms. The summed E-state index contributed by atoms with van der Waals surface area (Å²) in [7, 11) is -2.10. The van der Waals surface area contributed by atoms with E-state index in [1.54, 1.807) is 7.05 Å². The maximum absolute atomic E-state index is 11.5. The Balaban J connectivity index is 2.92. The van der Waals surface area contributed by atoms with Gasteiger partial charge in [-0.3, -0.25) is 4.90 Å². The van der Waals surface area contributed by atoms with Gasteiger partial charge in [0.05, 0.1) is 4.90 Å². The van der Waals surface area contributed by atoms with E-state index < -0.39 is 10.0 Å². The lowest BCUT2D eigenvalue weighted by atomic mass is 10.3. The van der Waals surface area contributed by atoms with Crippen LogP contribution in [0.25, 0.3) is 0 Å². The van der Waals surface area contributed by atoms with Crippen LogP contribution in [0.2, 0.25) is 0 Å². The van der Waals surface area contributed by atoms with E-state index in [1.165, 1.54) is 29.2 Å². The first-order chi connectivity index (χ1) is 7.86. The second kappa shape index (κ2) is 5.15. The summed E-state index contributed by atoms with van der Waals surface area (Å²) in [6.07, 6.45) is 0. The Morgan fingerprint density at radius 3 is 2.29 bits per heavy atom. The Morgan fingerprint density at radius 2 is 1.88 bits per heavy atom. The van der Waals surface area contributed by atoms with Gasteiger partial charge in [0.25, 0.3) is 0 Å². The van der Waals surface area contributed by atoms with Gasteiger partial charge in [-0.2, -0.15) is 0 Å². The molecule has 0 unspecified atom stereocenters. The normalized spacial score (nSPS) is 11.0. The number of nitrogens with two attached hydrogens (primary N) is 1. The molecule has 0 aliphatic heterocycles. The third-order valence-electron chi connectivity index (χ3n) is 2.19. The second-order valence-corrected chi connectivity index (χ2v) is 4.99. The summed E-state index contributed by atoms with van der Waals surface area (Å²) < 4.78 is 22.1. The van der Waals surface area contributed by atoms with Crippen LogP contribution in [-0.2, 0) is 10.0 Å². The number of anilines is 1. The monoisotopic (exact) mass is 257 g/mol. The number of urea groups is 1. The van der Waals surface area contributed by atoms with Crippen molar-refractivity contribution in [2.75, 3.05) is 18.5 Å². The average molecular weight is 257 g/mol. The molecule has 7 heteroatoms. The first-order valence-electron chi connectivity index (χ1n) is 5.00. The van der Waals surface area contributed by atoms with E-state index in [1.807, 2.05) is 6.92 Å². The Kier molecular flexibility index (Phi) is 4.08. The van der Waals surface area contributed by atoms with Gasteiger partial charge in [0.1, 0.15) is 0 Å². The molecule has 94 valence electrons. The number of nitrogens with zero attached hydrogens (tertiary/aromatic N) is 1.